The molecule has 70 valence electrons. The van der Waals surface area contributed by atoms with E-state index in [2.05, 4.69) is 5.32 Å². The Morgan fingerprint density at radius 2 is 2.08 bits per heavy atom. The summed E-state index contributed by atoms with van der Waals surface area (Å²) in [4.78, 5) is 10.6. The lowest BCUT2D eigenvalue weighted by Gasteiger charge is -2.28. The second-order valence-corrected chi connectivity index (χ2v) is 2.80. The monoisotopic (exact) mass is 182 g/mol. The smallest absolute Gasteiger partial charge is 0.368 e. The van der Waals surface area contributed by atoms with Gasteiger partial charge in [0.1, 0.15) is 0 Å². The zero-order valence-electron chi connectivity index (χ0n) is 6.24. The lowest BCUT2D eigenvalue weighted by molar-refractivity contribution is -0.194. The number of hydrogen-bond donors (Lipinski definition) is 2. The Balaban J connectivity index is 2.94. The van der Waals surface area contributed by atoms with Gasteiger partial charge in [-0.2, -0.15) is 13.2 Å². The zero-order chi connectivity index (χ0) is 9.41. The molecule has 1 atom stereocenters. The third-order valence-electron chi connectivity index (χ3n) is 2.06. The summed E-state index contributed by atoms with van der Waals surface area (Å²) in [6.45, 7) is 0.183. The summed E-state index contributed by atoms with van der Waals surface area (Å²) < 4.78 is 36.9. The van der Waals surface area contributed by atoms with Gasteiger partial charge >= 0.3 is 6.18 Å². The minimum absolute atomic E-state index is 0.183. The number of nitrogens with one attached hydrogen (secondary N) is 1. The molecule has 0 aromatic rings. The van der Waals surface area contributed by atoms with Crippen LogP contribution in [0.3, 0.4) is 0 Å². The highest BCUT2D eigenvalue weighted by Gasteiger charge is 2.60. The molecular formula is C6H9F3N2O. The summed E-state index contributed by atoms with van der Waals surface area (Å²) in [6.07, 6.45) is -4.52. The predicted octanol–water partition coefficient (Wildman–Crippen LogP) is 0.156. The fourth-order valence-electron chi connectivity index (χ4n) is 1.34. The van der Waals surface area contributed by atoms with Gasteiger partial charge in [-0.25, -0.2) is 0 Å². The number of primary amides is 1. The van der Waals surface area contributed by atoms with Crippen LogP contribution in [0.5, 0.6) is 0 Å². The summed E-state index contributed by atoms with van der Waals surface area (Å²) in [5, 5.41) is 2.11. The molecule has 3 N–H and O–H groups in total. The van der Waals surface area contributed by atoms with Gasteiger partial charge in [-0.05, 0) is 19.4 Å². The van der Waals surface area contributed by atoms with Gasteiger partial charge in [0.25, 0.3) is 0 Å². The SMILES string of the molecule is NC(=O)[C@@]1(C(F)(F)F)CCCN1. The van der Waals surface area contributed by atoms with Gasteiger partial charge in [-0.3, -0.25) is 10.1 Å². The van der Waals surface area contributed by atoms with E-state index in [1.54, 1.807) is 0 Å². The quantitative estimate of drug-likeness (QED) is 0.606. The van der Waals surface area contributed by atoms with E-state index >= 15 is 0 Å². The third-order valence-corrected chi connectivity index (χ3v) is 2.06. The van der Waals surface area contributed by atoms with E-state index in [-0.39, 0.29) is 13.0 Å². The molecule has 0 aromatic carbocycles. The van der Waals surface area contributed by atoms with Crippen LogP contribution in [-0.4, -0.2) is 24.2 Å². The highest BCUT2D eigenvalue weighted by atomic mass is 19.4. The van der Waals surface area contributed by atoms with E-state index in [4.69, 9.17) is 5.73 Å². The number of carbonyl (C=O) groups is 1. The molecule has 1 heterocycles. The van der Waals surface area contributed by atoms with Crippen LogP contribution in [0.1, 0.15) is 12.8 Å². The summed E-state index contributed by atoms with van der Waals surface area (Å²) in [6, 6.07) is 0. The van der Waals surface area contributed by atoms with Crippen LogP contribution in [0.4, 0.5) is 13.2 Å². The number of halogens is 3. The average Bonchev–Trinajstić information content (AvgIpc) is 2.31. The maximum Gasteiger partial charge on any atom is 0.415 e. The molecule has 0 radical (unpaired) electrons. The lowest BCUT2D eigenvalue weighted by Crippen LogP contribution is -2.61. The molecule has 0 spiro atoms. The number of hydrogen-bond acceptors (Lipinski definition) is 2. The Morgan fingerprint density at radius 3 is 2.25 bits per heavy atom. The average molecular weight is 182 g/mol. The molecule has 1 aliphatic heterocycles. The largest absolute Gasteiger partial charge is 0.415 e. The highest BCUT2D eigenvalue weighted by Crippen LogP contribution is 2.36. The molecule has 12 heavy (non-hydrogen) atoms. The first-order valence-corrected chi connectivity index (χ1v) is 3.52. The standard InChI is InChI=1S/C6H9F3N2O/c7-6(8,9)5(4(10)12)2-1-3-11-5/h11H,1-3H2,(H2,10,12)/t5-/m1/s1. The summed E-state index contributed by atoms with van der Waals surface area (Å²) >= 11 is 0. The predicted molar refractivity (Wildman–Crippen MR) is 35.2 cm³/mol. The van der Waals surface area contributed by atoms with Crippen molar-refractivity contribution >= 4 is 5.91 Å². The Labute approximate surface area is 67.1 Å². The van der Waals surface area contributed by atoms with Crippen molar-refractivity contribution in [1.29, 1.82) is 0 Å². The van der Waals surface area contributed by atoms with E-state index in [1.165, 1.54) is 0 Å². The molecular weight excluding hydrogens is 173 g/mol. The van der Waals surface area contributed by atoms with Crippen LogP contribution in [0.2, 0.25) is 0 Å². The Hall–Kier alpha value is -0.780. The normalized spacial score (nSPS) is 30.6. The van der Waals surface area contributed by atoms with Crippen molar-refractivity contribution in [2.75, 3.05) is 6.54 Å². The molecule has 1 amide bonds. The second-order valence-electron chi connectivity index (χ2n) is 2.80. The first-order chi connectivity index (χ1) is 5.40. The maximum absolute atomic E-state index is 12.3. The van der Waals surface area contributed by atoms with Crippen LogP contribution in [-0.2, 0) is 4.79 Å². The molecule has 1 aliphatic rings. The van der Waals surface area contributed by atoms with Gasteiger partial charge in [0.15, 0.2) is 5.54 Å². The maximum atomic E-state index is 12.3. The first-order valence-electron chi connectivity index (χ1n) is 3.52. The van der Waals surface area contributed by atoms with Gasteiger partial charge in [0, 0.05) is 0 Å². The van der Waals surface area contributed by atoms with Gasteiger partial charge in [-0.1, -0.05) is 0 Å². The van der Waals surface area contributed by atoms with Gasteiger partial charge in [-0.15, -0.1) is 0 Å². The topological polar surface area (TPSA) is 55.1 Å². The Kier molecular flexibility index (Phi) is 2.03. The Bertz CT molecular complexity index is 195. The van der Waals surface area contributed by atoms with E-state index < -0.39 is 17.6 Å². The first kappa shape index (κ1) is 9.31. The van der Waals surface area contributed by atoms with E-state index in [1.807, 2.05) is 0 Å². The van der Waals surface area contributed by atoms with Crippen LogP contribution < -0.4 is 11.1 Å². The fourth-order valence-corrected chi connectivity index (χ4v) is 1.34. The minimum Gasteiger partial charge on any atom is -0.368 e. The second kappa shape index (κ2) is 2.62. The third kappa shape index (κ3) is 1.16. The number of nitrogens with two attached hydrogens (primary N) is 1. The van der Waals surface area contributed by atoms with Crippen LogP contribution in [0.15, 0.2) is 0 Å². The molecule has 6 heteroatoms. The fraction of sp³-hybridized carbons (Fsp3) is 0.833. The molecule has 0 aromatic heterocycles. The Morgan fingerprint density at radius 1 is 1.50 bits per heavy atom. The molecule has 1 saturated heterocycles. The van der Waals surface area contributed by atoms with Crippen molar-refractivity contribution in [3.05, 3.63) is 0 Å². The van der Waals surface area contributed by atoms with Crippen molar-refractivity contribution < 1.29 is 18.0 Å². The van der Waals surface area contributed by atoms with Gasteiger partial charge in [0.05, 0.1) is 0 Å². The van der Waals surface area contributed by atoms with E-state index in [9.17, 15) is 18.0 Å². The van der Waals surface area contributed by atoms with Crippen molar-refractivity contribution in [2.24, 2.45) is 5.73 Å². The summed E-state index contributed by atoms with van der Waals surface area (Å²) in [5.74, 6) is -1.34. The van der Waals surface area contributed by atoms with Crippen molar-refractivity contribution in [3.8, 4) is 0 Å². The van der Waals surface area contributed by atoms with E-state index in [0.29, 0.717) is 6.42 Å². The zero-order valence-corrected chi connectivity index (χ0v) is 6.24. The van der Waals surface area contributed by atoms with E-state index in [0.717, 1.165) is 0 Å². The van der Waals surface area contributed by atoms with Crippen LogP contribution in [0, 0.1) is 0 Å². The highest BCUT2D eigenvalue weighted by molar-refractivity contribution is 5.86. The summed E-state index contributed by atoms with van der Waals surface area (Å²) in [7, 11) is 0. The molecule has 0 unspecified atom stereocenters. The molecule has 0 aliphatic carbocycles. The molecule has 1 rings (SSSR count). The number of rotatable bonds is 1. The molecule has 0 bridgehead atoms. The van der Waals surface area contributed by atoms with Gasteiger partial charge in [0.2, 0.25) is 5.91 Å². The lowest BCUT2D eigenvalue weighted by atomic mass is 9.96. The van der Waals surface area contributed by atoms with Crippen LogP contribution in [0.25, 0.3) is 0 Å². The number of amides is 1. The van der Waals surface area contributed by atoms with Crippen molar-refractivity contribution in [3.63, 3.8) is 0 Å². The minimum atomic E-state index is -4.59. The van der Waals surface area contributed by atoms with Crippen molar-refractivity contribution in [2.45, 2.75) is 24.6 Å². The number of carbonyl (C=O) groups excluding carboxylic acids is 1. The van der Waals surface area contributed by atoms with Gasteiger partial charge < -0.3 is 5.73 Å². The molecule has 1 fully saturated rings. The summed E-state index contributed by atoms with van der Waals surface area (Å²) in [5.41, 5.74) is 2.22. The van der Waals surface area contributed by atoms with Crippen LogP contribution >= 0.6 is 0 Å². The molecule has 0 saturated carbocycles. The number of alkyl halides is 3. The molecule has 3 nitrogen and oxygen atoms in total. The van der Waals surface area contributed by atoms with Crippen molar-refractivity contribution in [1.82, 2.24) is 5.32 Å².